The Hall–Kier alpha value is -0.340. The molecule has 0 unspecified atom stereocenters. The van der Waals surface area contributed by atoms with Gasteiger partial charge < -0.3 is 10.2 Å². The summed E-state index contributed by atoms with van der Waals surface area (Å²) >= 11 is 0. The highest BCUT2D eigenvalue weighted by Crippen LogP contribution is 2.25. The van der Waals surface area contributed by atoms with Crippen molar-refractivity contribution in [2.24, 2.45) is 0 Å². The maximum atomic E-state index is 9.84. The first kappa shape index (κ1) is 14.7. The summed E-state index contributed by atoms with van der Waals surface area (Å²) < 4.78 is 0. The molecule has 0 bridgehead atoms. The number of unbranched alkanes of at least 4 members (excludes halogenated alkanes) is 5. The van der Waals surface area contributed by atoms with E-state index in [1.807, 2.05) is 6.08 Å². The van der Waals surface area contributed by atoms with Crippen molar-refractivity contribution in [3.63, 3.8) is 0 Å². The average molecular weight is 240 g/mol. The highest BCUT2D eigenvalue weighted by atomic mass is 16.3. The first-order valence-electron chi connectivity index (χ1n) is 7.30. The second kappa shape index (κ2) is 8.71. The summed E-state index contributed by atoms with van der Waals surface area (Å²) in [5, 5.41) is 19.5. The number of hydrogen-bond donors (Lipinski definition) is 2. The van der Waals surface area contributed by atoms with E-state index >= 15 is 0 Å². The molecule has 0 spiro atoms. The summed E-state index contributed by atoms with van der Waals surface area (Å²) in [5.74, 6) is 0. The lowest BCUT2D eigenvalue weighted by Gasteiger charge is -2.09. The Bertz CT molecular complexity index is 223. The summed E-state index contributed by atoms with van der Waals surface area (Å²) in [4.78, 5) is 0. The molecular weight excluding hydrogens is 212 g/mol. The zero-order valence-electron chi connectivity index (χ0n) is 11.2. The van der Waals surface area contributed by atoms with Crippen LogP contribution < -0.4 is 0 Å². The van der Waals surface area contributed by atoms with Crippen LogP contribution in [0.15, 0.2) is 11.6 Å². The lowest BCUT2D eigenvalue weighted by molar-refractivity contribution is 0.194. The third-order valence-corrected chi connectivity index (χ3v) is 3.63. The van der Waals surface area contributed by atoms with E-state index in [1.165, 1.54) is 32.1 Å². The van der Waals surface area contributed by atoms with Crippen LogP contribution in [0.5, 0.6) is 0 Å². The second-order valence-electron chi connectivity index (χ2n) is 5.27. The fraction of sp³-hybridized carbons (Fsp3) is 0.867. The molecule has 0 radical (unpaired) electrons. The molecule has 2 nitrogen and oxygen atoms in total. The Morgan fingerprint density at radius 1 is 1.24 bits per heavy atom. The van der Waals surface area contributed by atoms with Crippen LogP contribution in [0.1, 0.15) is 71.1 Å². The van der Waals surface area contributed by atoms with Gasteiger partial charge in [0.15, 0.2) is 0 Å². The summed E-state index contributed by atoms with van der Waals surface area (Å²) in [5.41, 5.74) is 1.06. The van der Waals surface area contributed by atoms with Crippen molar-refractivity contribution >= 4 is 0 Å². The molecule has 0 aliphatic heterocycles. The number of hydrogen-bond acceptors (Lipinski definition) is 2. The monoisotopic (exact) mass is 240 g/mol. The van der Waals surface area contributed by atoms with E-state index in [9.17, 15) is 10.2 Å². The predicted octanol–water partition coefficient (Wildman–Crippen LogP) is 3.57. The van der Waals surface area contributed by atoms with Gasteiger partial charge in [-0.25, -0.2) is 0 Å². The van der Waals surface area contributed by atoms with Crippen LogP contribution in [0.4, 0.5) is 0 Å². The Balaban J connectivity index is 2.06. The minimum Gasteiger partial charge on any atom is -0.389 e. The third-order valence-electron chi connectivity index (χ3n) is 3.63. The van der Waals surface area contributed by atoms with E-state index in [0.29, 0.717) is 0 Å². The van der Waals surface area contributed by atoms with E-state index in [1.54, 1.807) is 0 Å². The van der Waals surface area contributed by atoms with Crippen molar-refractivity contribution in [1.82, 2.24) is 0 Å². The molecular formula is C15H28O2. The van der Waals surface area contributed by atoms with Crippen molar-refractivity contribution in [1.29, 1.82) is 0 Å². The largest absolute Gasteiger partial charge is 0.389 e. The molecule has 100 valence electrons. The van der Waals surface area contributed by atoms with E-state index in [-0.39, 0.29) is 12.2 Å². The Kier molecular flexibility index (Phi) is 7.54. The molecule has 0 aromatic rings. The van der Waals surface area contributed by atoms with Crippen molar-refractivity contribution in [2.45, 2.75) is 83.3 Å². The van der Waals surface area contributed by atoms with Crippen LogP contribution in [-0.2, 0) is 0 Å². The number of aliphatic hydroxyl groups is 2. The molecule has 2 atom stereocenters. The third kappa shape index (κ3) is 6.23. The molecule has 1 aliphatic rings. The van der Waals surface area contributed by atoms with E-state index in [2.05, 4.69) is 6.92 Å². The zero-order valence-corrected chi connectivity index (χ0v) is 11.2. The predicted molar refractivity (Wildman–Crippen MR) is 71.9 cm³/mol. The van der Waals surface area contributed by atoms with Gasteiger partial charge in [-0.3, -0.25) is 0 Å². The van der Waals surface area contributed by atoms with Crippen LogP contribution >= 0.6 is 0 Å². The van der Waals surface area contributed by atoms with Crippen LogP contribution in [0.3, 0.4) is 0 Å². The first-order chi connectivity index (χ1) is 8.24. The first-order valence-corrected chi connectivity index (χ1v) is 7.30. The Morgan fingerprint density at radius 2 is 1.94 bits per heavy atom. The minimum atomic E-state index is -0.344. The van der Waals surface area contributed by atoms with Crippen molar-refractivity contribution < 1.29 is 10.2 Å². The van der Waals surface area contributed by atoms with Crippen molar-refractivity contribution in [3.8, 4) is 0 Å². The Labute approximate surface area is 106 Å². The second-order valence-corrected chi connectivity index (χ2v) is 5.27. The standard InChI is InChI=1S/C15H28O2/c1-2-3-4-5-6-7-10-14(16)12-13-9-8-11-15(13)17/h12,14-17H,2-11H2,1H3/b13-12+/t14-,15-/m0/s1. The lowest BCUT2D eigenvalue weighted by atomic mass is 10.0. The SMILES string of the molecule is CCCCCCCC[C@H](O)/C=C1\CCC[C@@H]1O. The van der Waals surface area contributed by atoms with Gasteiger partial charge in [0.05, 0.1) is 12.2 Å². The highest BCUT2D eigenvalue weighted by molar-refractivity contribution is 5.14. The van der Waals surface area contributed by atoms with Crippen molar-refractivity contribution in [3.05, 3.63) is 11.6 Å². The highest BCUT2D eigenvalue weighted by Gasteiger charge is 2.18. The molecule has 0 aromatic carbocycles. The smallest absolute Gasteiger partial charge is 0.0751 e. The van der Waals surface area contributed by atoms with Gasteiger partial charge in [-0.05, 0) is 31.3 Å². The number of aliphatic hydroxyl groups excluding tert-OH is 2. The van der Waals surface area contributed by atoms with Crippen molar-refractivity contribution in [2.75, 3.05) is 0 Å². The average Bonchev–Trinajstić information content (AvgIpc) is 2.69. The number of rotatable bonds is 8. The fourth-order valence-corrected chi connectivity index (χ4v) is 2.51. The van der Waals surface area contributed by atoms with Crippen LogP contribution in [-0.4, -0.2) is 22.4 Å². The molecule has 1 fully saturated rings. The summed E-state index contributed by atoms with van der Waals surface area (Å²) in [6.45, 7) is 2.23. The molecule has 1 rings (SSSR count). The van der Waals surface area contributed by atoms with Crippen LogP contribution in [0, 0.1) is 0 Å². The molecule has 2 heteroatoms. The van der Waals surface area contributed by atoms with Gasteiger partial charge in [-0.2, -0.15) is 0 Å². The molecule has 1 aliphatic carbocycles. The van der Waals surface area contributed by atoms with E-state index < -0.39 is 0 Å². The van der Waals surface area contributed by atoms with Crippen LogP contribution in [0.25, 0.3) is 0 Å². The maximum Gasteiger partial charge on any atom is 0.0751 e. The van der Waals surface area contributed by atoms with Gasteiger partial charge in [-0.1, -0.05) is 51.5 Å². The molecule has 17 heavy (non-hydrogen) atoms. The fourth-order valence-electron chi connectivity index (χ4n) is 2.51. The Morgan fingerprint density at radius 3 is 2.59 bits per heavy atom. The van der Waals surface area contributed by atoms with Crippen LogP contribution in [0.2, 0.25) is 0 Å². The quantitative estimate of drug-likeness (QED) is 0.503. The molecule has 2 N–H and O–H groups in total. The van der Waals surface area contributed by atoms with Gasteiger partial charge in [0, 0.05) is 0 Å². The minimum absolute atomic E-state index is 0.283. The van der Waals surface area contributed by atoms with Gasteiger partial charge in [-0.15, -0.1) is 0 Å². The van der Waals surface area contributed by atoms with Gasteiger partial charge in [0.25, 0.3) is 0 Å². The van der Waals surface area contributed by atoms with E-state index in [4.69, 9.17) is 0 Å². The topological polar surface area (TPSA) is 40.5 Å². The molecule has 0 heterocycles. The molecule has 0 saturated heterocycles. The lowest BCUT2D eigenvalue weighted by Crippen LogP contribution is -2.08. The normalized spacial score (nSPS) is 24.4. The molecule has 0 amide bonds. The summed E-state index contributed by atoms with van der Waals surface area (Å²) in [6.07, 6.45) is 12.6. The van der Waals surface area contributed by atoms with Gasteiger partial charge >= 0.3 is 0 Å². The molecule has 0 aromatic heterocycles. The zero-order chi connectivity index (χ0) is 12.5. The van der Waals surface area contributed by atoms with Gasteiger partial charge in [0.2, 0.25) is 0 Å². The maximum absolute atomic E-state index is 9.84. The van der Waals surface area contributed by atoms with Gasteiger partial charge in [0.1, 0.15) is 0 Å². The summed E-state index contributed by atoms with van der Waals surface area (Å²) in [7, 11) is 0. The molecule has 1 saturated carbocycles. The van der Waals surface area contributed by atoms with E-state index in [0.717, 1.165) is 37.7 Å². The summed E-state index contributed by atoms with van der Waals surface area (Å²) in [6, 6.07) is 0.